The van der Waals surface area contributed by atoms with Crippen LogP contribution in [0.1, 0.15) is 12.8 Å². The Morgan fingerprint density at radius 3 is 2.90 bits per heavy atom. The highest BCUT2D eigenvalue weighted by atomic mass is 35.5. The number of benzene rings is 1. The van der Waals surface area contributed by atoms with Crippen LogP contribution in [0.25, 0.3) is 17.3 Å². The Kier molecular flexibility index (Phi) is 6.44. The highest BCUT2D eigenvalue weighted by molar-refractivity contribution is 7.99. The van der Waals surface area contributed by atoms with Gasteiger partial charge in [0.25, 0.3) is 0 Å². The minimum Gasteiger partial charge on any atom is -0.461 e. The topological polar surface area (TPSA) is 82.2 Å². The zero-order valence-electron chi connectivity index (χ0n) is 15.3. The average molecular weight is 453 g/mol. The summed E-state index contributed by atoms with van der Waals surface area (Å²) in [7, 11) is 0. The third-order valence-corrected chi connectivity index (χ3v) is 6.09. The van der Waals surface area contributed by atoms with Crippen molar-refractivity contribution in [1.82, 2.24) is 20.1 Å². The van der Waals surface area contributed by atoms with Crippen molar-refractivity contribution >= 4 is 40.9 Å². The molecule has 1 aromatic carbocycles. The lowest BCUT2D eigenvalue weighted by molar-refractivity contribution is -0.119. The van der Waals surface area contributed by atoms with Gasteiger partial charge in [0.1, 0.15) is 0 Å². The molecular formula is C19H18Cl2N4O3S. The molecule has 0 radical (unpaired) electrons. The van der Waals surface area contributed by atoms with Crippen LogP contribution < -0.4 is 5.32 Å². The summed E-state index contributed by atoms with van der Waals surface area (Å²) in [6.07, 6.45) is 3.69. The summed E-state index contributed by atoms with van der Waals surface area (Å²) in [5.41, 5.74) is 0.720. The molecule has 1 aliphatic heterocycles. The van der Waals surface area contributed by atoms with Crippen LogP contribution in [0.5, 0.6) is 0 Å². The van der Waals surface area contributed by atoms with Gasteiger partial charge in [-0.2, -0.15) is 0 Å². The van der Waals surface area contributed by atoms with Crippen molar-refractivity contribution in [3.05, 3.63) is 46.6 Å². The van der Waals surface area contributed by atoms with Gasteiger partial charge in [0.05, 0.1) is 33.9 Å². The molecule has 2 aromatic heterocycles. The molecule has 0 unspecified atom stereocenters. The first-order chi connectivity index (χ1) is 14.1. The fraction of sp³-hybridized carbons (Fsp3) is 0.316. The van der Waals surface area contributed by atoms with Gasteiger partial charge < -0.3 is 14.5 Å². The zero-order valence-corrected chi connectivity index (χ0v) is 17.6. The maximum Gasteiger partial charge on any atom is 0.230 e. The van der Waals surface area contributed by atoms with Crippen LogP contribution in [0.3, 0.4) is 0 Å². The van der Waals surface area contributed by atoms with E-state index in [1.54, 1.807) is 35.1 Å². The number of carbonyl (C=O) groups is 1. The Bertz CT molecular complexity index is 988. The number of nitrogens with one attached hydrogen (secondary N) is 1. The first-order valence-corrected chi connectivity index (χ1v) is 10.8. The van der Waals surface area contributed by atoms with E-state index < -0.39 is 0 Å². The molecule has 0 spiro atoms. The second kappa shape index (κ2) is 9.21. The number of halogens is 2. The minimum absolute atomic E-state index is 0.0891. The molecular weight excluding hydrogens is 435 g/mol. The molecule has 0 aliphatic carbocycles. The maximum atomic E-state index is 12.3. The van der Waals surface area contributed by atoms with E-state index in [1.165, 1.54) is 11.8 Å². The van der Waals surface area contributed by atoms with Crippen molar-refractivity contribution in [3.63, 3.8) is 0 Å². The highest BCUT2D eigenvalue weighted by Gasteiger charge is 2.20. The summed E-state index contributed by atoms with van der Waals surface area (Å²) in [6, 6.07) is 8.80. The number of rotatable bonds is 7. The van der Waals surface area contributed by atoms with E-state index in [9.17, 15) is 4.79 Å². The predicted molar refractivity (Wildman–Crippen MR) is 112 cm³/mol. The van der Waals surface area contributed by atoms with E-state index >= 15 is 0 Å². The third-order valence-electron chi connectivity index (χ3n) is 4.42. The van der Waals surface area contributed by atoms with Gasteiger partial charge >= 0.3 is 0 Å². The molecule has 0 saturated carbocycles. The summed E-state index contributed by atoms with van der Waals surface area (Å²) in [5, 5.41) is 12.8. The molecule has 3 aromatic rings. The lowest BCUT2D eigenvalue weighted by Crippen LogP contribution is -2.32. The fourth-order valence-corrected chi connectivity index (χ4v) is 4.07. The van der Waals surface area contributed by atoms with E-state index in [4.69, 9.17) is 32.4 Å². The van der Waals surface area contributed by atoms with Crippen LogP contribution >= 0.6 is 35.0 Å². The predicted octanol–water partition coefficient (Wildman–Crippen LogP) is 4.22. The Balaban J connectivity index is 1.53. The average Bonchev–Trinajstić information content (AvgIpc) is 3.47. The molecule has 0 bridgehead atoms. The molecule has 1 aliphatic rings. The SMILES string of the molecule is O=C(CSc1nnc(-c2ccco2)n1-c1ccc(Cl)c(Cl)c1)NC[C@@H]1CCCO1. The van der Waals surface area contributed by atoms with Crippen LogP contribution in [-0.2, 0) is 9.53 Å². The molecule has 1 N–H and O–H groups in total. The van der Waals surface area contributed by atoms with Gasteiger partial charge in [0, 0.05) is 13.2 Å². The molecule has 4 rings (SSSR count). The number of aromatic nitrogens is 3. The summed E-state index contributed by atoms with van der Waals surface area (Å²) in [6.45, 7) is 1.29. The molecule has 10 heteroatoms. The normalized spacial score (nSPS) is 16.3. The minimum atomic E-state index is -0.0891. The first-order valence-electron chi connectivity index (χ1n) is 9.07. The molecule has 29 heavy (non-hydrogen) atoms. The van der Waals surface area contributed by atoms with Crippen LogP contribution in [0.15, 0.2) is 46.2 Å². The monoisotopic (exact) mass is 452 g/mol. The lowest BCUT2D eigenvalue weighted by atomic mass is 10.2. The van der Waals surface area contributed by atoms with Gasteiger partial charge in [-0.3, -0.25) is 9.36 Å². The second-order valence-electron chi connectivity index (χ2n) is 6.45. The van der Waals surface area contributed by atoms with Crippen LogP contribution in [0, 0.1) is 0 Å². The van der Waals surface area contributed by atoms with E-state index in [0.717, 1.165) is 25.1 Å². The fourth-order valence-electron chi connectivity index (χ4n) is 3.00. The Morgan fingerprint density at radius 1 is 1.28 bits per heavy atom. The maximum absolute atomic E-state index is 12.3. The molecule has 1 fully saturated rings. The van der Waals surface area contributed by atoms with E-state index in [0.29, 0.717) is 33.3 Å². The second-order valence-corrected chi connectivity index (χ2v) is 8.20. The number of thioether (sulfide) groups is 1. The highest BCUT2D eigenvalue weighted by Crippen LogP contribution is 2.31. The number of hydrogen-bond donors (Lipinski definition) is 1. The number of nitrogens with zero attached hydrogens (tertiary/aromatic N) is 3. The van der Waals surface area contributed by atoms with E-state index in [1.807, 2.05) is 6.07 Å². The van der Waals surface area contributed by atoms with Gasteiger partial charge in [0.2, 0.25) is 11.7 Å². The Morgan fingerprint density at radius 2 is 2.17 bits per heavy atom. The van der Waals surface area contributed by atoms with Gasteiger partial charge in [-0.05, 0) is 43.2 Å². The molecule has 1 amide bonds. The third kappa shape index (κ3) is 4.78. The number of hydrogen-bond acceptors (Lipinski definition) is 6. The molecule has 1 atom stereocenters. The van der Waals surface area contributed by atoms with Crippen molar-refractivity contribution in [3.8, 4) is 17.3 Å². The van der Waals surface area contributed by atoms with Crippen molar-refractivity contribution in [2.75, 3.05) is 18.9 Å². The standard InChI is InChI=1S/C19H18Cl2N4O3S/c20-14-6-5-12(9-15(14)21)25-18(16-4-2-8-28-16)23-24-19(25)29-11-17(26)22-10-13-3-1-7-27-13/h2,4-6,8-9,13H,1,3,7,10-11H2,(H,22,26)/t13-/m0/s1. The van der Waals surface area contributed by atoms with Crippen LogP contribution in [0.2, 0.25) is 10.0 Å². The summed E-state index contributed by atoms with van der Waals surface area (Å²) in [4.78, 5) is 12.3. The summed E-state index contributed by atoms with van der Waals surface area (Å²) in [5.74, 6) is 1.17. The zero-order chi connectivity index (χ0) is 20.2. The molecule has 7 nitrogen and oxygen atoms in total. The van der Waals surface area contributed by atoms with E-state index in [2.05, 4.69) is 15.5 Å². The quantitative estimate of drug-likeness (QED) is 0.540. The number of ether oxygens (including phenoxy) is 1. The number of furan rings is 1. The molecule has 3 heterocycles. The largest absolute Gasteiger partial charge is 0.461 e. The van der Waals surface area contributed by atoms with Gasteiger partial charge in [0.15, 0.2) is 10.9 Å². The van der Waals surface area contributed by atoms with Crippen LogP contribution in [0.4, 0.5) is 0 Å². The summed E-state index contributed by atoms with van der Waals surface area (Å²) < 4.78 is 12.8. The summed E-state index contributed by atoms with van der Waals surface area (Å²) >= 11 is 13.5. The Hall–Kier alpha value is -2.00. The smallest absolute Gasteiger partial charge is 0.230 e. The Labute approximate surface area is 181 Å². The van der Waals surface area contributed by atoms with Crippen molar-refractivity contribution in [2.45, 2.75) is 24.1 Å². The molecule has 152 valence electrons. The lowest BCUT2D eigenvalue weighted by Gasteiger charge is -2.12. The number of amides is 1. The first kappa shape index (κ1) is 20.3. The van der Waals surface area contributed by atoms with E-state index in [-0.39, 0.29) is 17.8 Å². The van der Waals surface area contributed by atoms with Gasteiger partial charge in [-0.1, -0.05) is 35.0 Å². The van der Waals surface area contributed by atoms with Crippen molar-refractivity contribution in [2.24, 2.45) is 0 Å². The number of carbonyl (C=O) groups excluding carboxylic acids is 1. The van der Waals surface area contributed by atoms with Crippen LogP contribution in [-0.4, -0.2) is 45.7 Å². The van der Waals surface area contributed by atoms with Gasteiger partial charge in [-0.25, -0.2) is 0 Å². The van der Waals surface area contributed by atoms with Crippen molar-refractivity contribution < 1.29 is 13.9 Å². The van der Waals surface area contributed by atoms with Crippen molar-refractivity contribution in [1.29, 1.82) is 0 Å². The van der Waals surface area contributed by atoms with Gasteiger partial charge in [-0.15, -0.1) is 10.2 Å². The molecule has 1 saturated heterocycles.